The van der Waals surface area contributed by atoms with E-state index in [1.165, 1.54) is 13.2 Å². The molecular formula is C11H15ClFNO. The minimum absolute atomic E-state index is 0.338. The molecule has 2 N–H and O–H groups in total. The van der Waals surface area contributed by atoms with Gasteiger partial charge in [-0.25, -0.2) is 4.39 Å². The van der Waals surface area contributed by atoms with Gasteiger partial charge in [0, 0.05) is 11.6 Å². The third kappa shape index (κ3) is 3.36. The van der Waals surface area contributed by atoms with Gasteiger partial charge in [-0.3, -0.25) is 0 Å². The summed E-state index contributed by atoms with van der Waals surface area (Å²) in [5.41, 5.74) is 5.86. The Morgan fingerprint density at radius 3 is 2.53 bits per heavy atom. The molecule has 0 aliphatic carbocycles. The van der Waals surface area contributed by atoms with Crippen molar-refractivity contribution in [1.29, 1.82) is 0 Å². The second kappa shape index (κ2) is 4.37. The summed E-state index contributed by atoms with van der Waals surface area (Å²) in [4.78, 5) is 0. The van der Waals surface area contributed by atoms with E-state index in [2.05, 4.69) is 0 Å². The van der Waals surface area contributed by atoms with Crippen molar-refractivity contribution in [3.8, 4) is 5.75 Å². The Morgan fingerprint density at radius 1 is 1.47 bits per heavy atom. The number of hydrogen-bond acceptors (Lipinski definition) is 2. The van der Waals surface area contributed by atoms with Gasteiger partial charge in [0.25, 0.3) is 0 Å². The molecular weight excluding hydrogens is 217 g/mol. The lowest BCUT2D eigenvalue weighted by Crippen LogP contribution is -2.34. The fourth-order valence-corrected chi connectivity index (χ4v) is 1.62. The van der Waals surface area contributed by atoms with Crippen LogP contribution in [0.25, 0.3) is 0 Å². The highest BCUT2D eigenvalue weighted by Crippen LogP contribution is 2.28. The zero-order chi connectivity index (χ0) is 11.6. The average Bonchev–Trinajstić information content (AvgIpc) is 2.08. The first kappa shape index (κ1) is 12.3. The lowest BCUT2D eigenvalue weighted by atomic mass is 9.96. The number of benzene rings is 1. The van der Waals surface area contributed by atoms with E-state index in [-0.39, 0.29) is 5.82 Å². The molecule has 84 valence electrons. The molecule has 0 heterocycles. The molecule has 0 aromatic heterocycles. The quantitative estimate of drug-likeness (QED) is 0.868. The number of rotatable bonds is 3. The summed E-state index contributed by atoms with van der Waals surface area (Å²) in [7, 11) is 1.45. The molecule has 1 aromatic carbocycles. The summed E-state index contributed by atoms with van der Waals surface area (Å²) in [6, 6.07) is 2.84. The van der Waals surface area contributed by atoms with Gasteiger partial charge in [0.1, 0.15) is 11.6 Å². The second-order valence-corrected chi connectivity index (χ2v) is 4.65. The molecule has 0 aliphatic rings. The monoisotopic (exact) mass is 231 g/mol. The summed E-state index contributed by atoms with van der Waals surface area (Å²) in [6.45, 7) is 3.68. The third-order valence-corrected chi connectivity index (χ3v) is 2.26. The predicted molar refractivity (Wildman–Crippen MR) is 59.9 cm³/mol. The summed E-state index contributed by atoms with van der Waals surface area (Å²) in [5.74, 6) is 0.00233. The van der Waals surface area contributed by atoms with Gasteiger partial charge in [0.15, 0.2) is 0 Å². The minimum atomic E-state index is -0.460. The maximum atomic E-state index is 13.6. The molecule has 0 aliphatic heterocycles. The van der Waals surface area contributed by atoms with Crippen molar-refractivity contribution >= 4 is 11.6 Å². The predicted octanol–water partition coefficient (Wildman–Crippen LogP) is 2.77. The fraction of sp³-hybridized carbons (Fsp3) is 0.455. The minimum Gasteiger partial charge on any atom is -0.495 e. The lowest BCUT2D eigenvalue weighted by Gasteiger charge is -2.19. The Labute approximate surface area is 94.2 Å². The van der Waals surface area contributed by atoms with Crippen LogP contribution in [0, 0.1) is 5.82 Å². The lowest BCUT2D eigenvalue weighted by molar-refractivity contribution is 0.410. The first-order valence-corrected chi connectivity index (χ1v) is 5.02. The Bertz CT molecular complexity index is 360. The van der Waals surface area contributed by atoms with E-state index in [0.717, 1.165) is 0 Å². The van der Waals surface area contributed by atoms with Crippen molar-refractivity contribution in [3.63, 3.8) is 0 Å². The largest absolute Gasteiger partial charge is 0.495 e. The highest BCUT2D eigenvalue weighted by molar-refractivity contribution is 6.32. The van der Waals surface area contributed by atoms with E-state index < -0.39 is 5.54 Å². The number of hydrogen-bond donors (Lipinski definition) is 1. The second-order valence-electron chi connectivity index (χ2n) is 4.24. The molecule has 1 rings (SSSR count). The molecule has 0 unspecified atom stereocenters. The van der Waals surface area contributed by atoms with E-state index in [4.69, 9.17) is 22.1 Å². The Morgan fingerprint density at radius 2 is 2.07 bits per heavy atom. The number of methoxy groups -OCH3 is 1. The Hall–Kier alpha value is -0.800. The molecule has 0 saturated carbocycles. The first-order chi connectivity index (χ1) is 6.83. The smallest absolute Gasteiger partial charge is 0.140 e. The van der Waals surface area contributed by atoms with Gasteiger partial charge in [-0.1, -0.05) is 11.6 Å². The molecule has 4 heteroatoms. The van der Waals surface area contributed by atoms with Crippen molar-refractivity contribution in [2.75, 3.05) is 7.11 Å². The van der Waals surface area contributed by atoms with Crippen LogP contribution in [-0.4, -0.2) is 12.6 Å². The molecule has 0 amide bonds. The number of ether oxygens (including phenoxy) is 1. The van der Waals surface area contributed by atoms with Crippen LogP contribution in [0.3, 0.4) is 0 Å². The fourth-order valence-electron chi connectivity index (χ4n) is 1.35. The van der Waals surface area contributed by atoms with Crippen LogP contribution in [0.15, 0.2) is 12.1 Å². The summed E-state index contributed by atoms with van der Waals surface area (Å²) in [6.07, 6.45) is 0.433. The van der Waals surface area contributed by atoms with Crippen LogP contribution in [0.1, 0.15) is 19.4 Å². The van der Waals surface area contributed by atoms with Gasteiger partial charge in [0.05, 0.1) is 12.1 Å². The van der Waals surface area contributed by atoms with Crippen LogP contribution in [0.4, 0.5) is 4.39 Å². The summed E-state index contributed by atoms with van der Waals surface area (Å²) >= 11 is 5.90. The van der Waals surface area contributed by atoms with Gasteiger partial charge >= 0.3 is 0 Å². The van der Waals surface area contributed by atoms with Crippen molar-refractivity contribution in [1.82, 2.24) is 0 Å². The maximum absolute atomic E-state index is 13.6. The standard InChI is InChI=1S/C11H15ClFNO/c1-11(2,14)6-7-4-8(12)10(15-3)5-9(7)13/h4-5H,6,14H2,1-3H3. The SMILES string of the molecule is COc1cc(F)c(CC(C)(C)N)cc1Cl. The Balaban J connectivity index is 3.05. The zero-order valence-corrected chi connectivity index (χ0v) is 9.86. The molecule has 1 aromatic rings. The van der Waals surface area contributed by atoms with Crippen LogP contribution in [-0.2, 0) is 6.42 Å². The van der Waals surface area contributed by atoms with E-state index in [1.54, 1.807) is 6.07 Å². The van der Waals surface area contributed by atoms with Gasteiger partial charge < -0.3 is 10.5 Å². The van der Waals surface area contributed by atoms with Gasteiger partial charge in [0.2, 0.25) is 0 Å². The van der Waals surface area contributed by atoms with Crippen molar-refractivity contribution < 1.29 is 9.13 Å². The first-order valence-electron chi connectivity index (χ1n) is 4.64. The molecule has 0 spiro atoms. The summed E-state index contributed by atoms with van der Waals surface area (Å²) in [5, 5.41) is 0.401. The van der Waals surface area contributed by atoms with Crippen LogP contribution < -0.4 is 10.5 Å². The van der Waals surface area contributed by atoms with Gasteiger partial charge in [-0.15, -0.1) is 0 Å². The molecule has 0 saturated heterocycles. The molecule has 15 heavy (non-hydrogen) atoms. The molecule has 0 atom stereocenters. The van der Waals surface area contributed by atoms with E-state index in [1.807, 2.05) is 13.8 Å². The van der Waals surface area contributed by atoms with Crippen molar-refractivity contribution in [3.05, 3.63) is 28.5 Å². The molecule has 0 fully saturated rings. The van der Waals surface area contributed by atoms with Crippen LogP contribution in [0.5, 0.6) is 5.75 Å². The van der Waals surface area contributed by atoms with Gasteiger partial charge in [-0.2, -0.15) is 0 Å². The Kier molecular flexibility index (Phi) is 3.58. The van der Waals surface area contributed by atoms with Crippen molar-refractivity contribution in [2.24, 2.45) is 5.73 Å². The zero-order valence-electron chi connectivity index (χ0n) is 9.10. The normalized spacial score (nSPS) is 11.6. The molecule has 2 nitrogen and oxygen atoms in total. The summed E-state index contributed by atoms with van der Waals surface area (Å²) < 4.78 is 18.5. The van der Waals surface area contributed by atoms with E-state index in [9.17, 15) is 4.39 Å². The number of nitrogens with two attached hydrogens (primary N) is 1. The maximum Gasteiger partial charge on any atom is 0.140 e. The van der Waals surface area contributed by atoms with Crippen molar-refractivity contribution in [2.45, 2.75) is 25.8 Å². The molecule has 0 radical (unpaired) electrons. The number of halogens is 2. The highest BCUT2D eigenvalue weighted by Gasteiger charge is 2.16. The highest BCUT2D eigenvalue weighted by atomic mass is 35.5. The van der Waals surface area contributed by atoms with Gasteiger partial charge in [-0.05, 0) is 31.9 Å². The van der Waals surface area contributed by atoms with E-state index in [0.29, 0.717) is 22.8 Å². The van der Waals surface area contributed by atoms with E-state index >= 15 is 0 Å². The van der Waals surface area contributed by atoms with Crippen LogP contribution in [0.2, 0.25) is 5.02 Å². The third-order valence-electron chi connectivity index (χ3n) is 1.97. The topological polar surface area (TPSA) is 35.2 Å². The average molecular weight is 232 g/mol. The van der Waals surface area contributed by atoms with Crippen LogP contribution >= 0.6 is 11.6 Å². The molecule has 0 bridgehead atoms.